The molecule has 0 aromatic heterocycles. The van der Waals surface area contributed by atoms with E-state index in [0.29, 0.717) is 31.9 Å². The SMILES string of the molecule is CC1(CNCc2ccc([N+](=O)[O-])cc2[N+](=O)[O-])COC1. The minimum atomic E-state index is -0.642. The van der Waals surface area contributed by atoms with Gasteiger partial charge in [0.15, 0.2) is 0 Å². The van der Waals surface area contributed by atoms with Crippen molar-refractivity contribution in [3.63, 3.8) is 0 Å². The Balaban J connectivity index is 2.06. The molecule has 1 aliphatic rings. The molecule has 0 saturated carbocycles. The molecule has 1 aliphatic heterocycles. The number of nitrogens with zero attached hydrogens (tertiary/aromatic N) is 2. The number of nitrogens with one attached hydrogen (secondary N) is 1. The zero-order valence-corrected chi connectivity index (χ0v) is 11.0. The maximum atomic E-state index is 11.0. The Labute approximate surface area is 115 Å². The van der Waals surface area contributed by atoms with Crippen molar-refractivity contribution < 1.29 is 14.6 Å². The Morgan fingerprint density at radius 1 is 1.30 bits per heavy atom. The summed E-state index contributed by atoms with van der Waals surface area (Å²) in [6.07, 6.45) is 0. The lowest BCUT2D eigenvalue weighted by molar-refractivity contribution is -0.394. The van der Waals surface area contributed by atoms with Gasteiger partial charge in [-0.25, -0.2) is 0 Å². The van der Waals surface area contributed by atoms with Crippen molar-refractivity contribution in [2.24, 2.45) is 5.41 Å². The van der Waals surface area contributed by atoms with E-state index in [4.69, 9.17) is 4.74 Å². The Kier molecular flexibility index (Phi) is 3.96. The average molecular weight is 281 g/mol. The van der Waals surface area contributed by atoms with E-state index in [-0.39, 0.29) is 16.8 Å². The van der Waals surface area contributed by atoms with Crippen LogP contribution >= 0.6 is 0 Å². The Morgan fingerprint density at radius 3 is 2.50 bits per heavy atom. The minimum Gasteiger partial charge on any atom is -0.380 e. The summed E-state index contributed by atoms with van der Waals surface area (Å²) in [6.45, 7) is 4.38. The molecule has 0 spiro atoms. The third kappa shape index (κ3) is 3.09. The van der Waals surface area contributed by atoms with E-state index >= 15 is 0 Å². The zero-order valence-electron chi connectivity index (χ0n) is 11.0. The van der Waals surface area contributed by atoms with E-state index in [1.54, 1.807) is 0 Å². The van der Waals surface area contributed by atoms with Crippen molar-refractivity contribution in [2.75, 3.05) is 19.8 Å². The zero-order chi connectivity index (χ0) is 14.8. The number of nitro benzene ring substituents is 2. The fraction of sp³-hybridized carbons (Fsp3) is 0.500. The molecule has 1 aromatic carbocycles. The highest BCUT2D eigenvalue weighted by Gasteiger charge is 2.32. The van der Waals surface area contributed by atoms with E-state index in [1.165, 1.54) is 12.1 Å². The first-order valence-corrected chi connectivity index (χ1v) is 6.11. The second-order valence-electron chi connectivity index (χ2n) is 5.23. The fourth-order valence-electron chi connectivity index (χ4n) is 2.04. The van der Waals surface area contributed by atoms with Gasteiger partial charge in [-0.15, -0.1) is 0 Å². The standard InChI is InChI=1S/C12H15N3O5/c1-12(7-20-8-12)6-13-5-9-2-3-10(14(16)17)4-11(9)15(18)19/h2-4,13H,5-8H2,1H3. The topological polar surface area (TPSA) is 108 Å². The molecule has 2 rings (SSSR count). The molecule has 0 unspecified atom stereocenters. The number of non-ortho nitro benzene ring substituents is 1. The predicted octanol–water partition coefficient (Wildman–Crippen LogP) is 1.63. The number of nitro groups is 2. The van der Waals surface area contributed by atoms with E-state index < -0.39 is 9.85 Å². The molecule has 108 valence electrons. The van der Waals surface area contributed by atoms with Gasteiger partial charge in [0.25, 0.3) is 11.4 Å². The predicted molar refractivity (Wildman–Crippen MR) is 70.4 cm³/mol. The van der Waals surface area contributed by atoms with Crippen LogP contribution in [0.25, 0.3) is 0 Å². The van der Waals surface area contributed by atoms with Crippen molar-refractivity contribution in [3.8, 4) is 0 Å². The van der Waals surface area contributed by atoms with Crippen LogP contribution in [0.2, 0.25) is 0 Å². The van der Waals surface area contributed by atoms with E-state index in [9.17, 15) is 20.2 Å². The molecule has 8 heteroatoms. The van der Waals surface area contributed by atoms with Gasteiger partial charge in [0, 0.05) is 30.1 Å². The molecule has 0 aliphatic carbocycles. The summed E-state index contributed by atoms with van der Waals surface area (Å²) in [5.74, 6) is 0. The summed E-state index contributed by atoms with van der Waals surface area (Å²) in [5.41, 5.74) is -0.0128. The molecular weight excluding hydrogens is 266 g/mol. The van der Waals surface area contributed by atoms with Crippen LogP contribution in [0.5, 0.6) is 0 Å². The molecule has 1 fully saturated rings. The molecule has 20 heavy (non-hydrogen) atoms. The number of hydrogen-bond acceptors (Lipinski definition) is 6. The van der Waals surface area contributed by atoms with Gasteiger partial charge in [0.1, 0.15) is 0 Å². The molecule has 1 N–H and O–H groups in total. The normalized spacial score (nSPS) is 16.4. The van der Waals surface area contributed by atoms with Gasteiger partial charge in [-0.05, 0) is 6.07 Å². The molecule has 1 heterocycles. The number of hydrogen-bond donors (Lipinski definition) is 1. The van der Waals surface area contributed by atoms with Crippen molar-refractivity contribution in [1.82, 2.24) is 5.32 Å². The van der Waals surface area contributed by atoms with E-state index in [0.717, 1.165) is 6.07 Å². The first-order chi connectivity index (χ1) is 9.41. The highest BCUT2D eigenvalue weighted by molar-refractivity contribution is 5.49. The largest absolute Gasteiger partial charge is 0.380 e. The number of ether oxygens (including phenoxy) is 1. The highest BCUT2D eigenvalue weighted by Crippen LogP contribution is 2.27. The van der Waals surface area contributed by atoms with Gasteiger partial charge in [0.2, 0.25) is 0 Å². The van der Waals surface area contributed by atoms with Gasteiger partial charge in [-0.1, -0.05) is 6.92 Å². The maximum Gasteiger partial charge on any atom is 0.280 e. The first kappa shape index (κ1) is 14.4. The highest BCUT2D eigenvalue weighted by atomic mass is 16.6. The molecule has 0 atom stereocenters. The van der Waals surface area contributed by atoms with Crippen LogP contribution in [-0.2, 0) is 11.3 Å². The summed E-state index contributed by atoms with van der Waals surface area (Å²) in [6, 6.07) is 3.69. The molecule has 1 saturated heterocycles. The second kappa shape index (κ2) is 5.51. The van der Waals surface area contributed by atoms with Crippen molar-refractivity contribution in [1.29, 1.82) is 0 Å². The first-order valence-electron chi connectivity index (χ1n) is 6.11. The van der Waals surface area contributed by atoms with Crippen LogP contribution in [-0.4, -0.2) is 29.6 Å². The minimum absolute atomic E-state index is 0.0650. The van der Waals surface area contributed by atoms with Crippen LogP contribution in [0.4, 0.5) is 11.4 Å². The lowest BCUT2D eigenvalue weighted by atomic mass is 9.89. The van der Waals surface area contributed by atoms with Crippen LogP contribution < -0.4 is 5.32 Å². The number of benzene rings is 1. The third-order valence-corrected chi connectivity index (χ3v) is 3.24. The Morgan fingerprint density at radius 2 is 2.00 bits per heavy atom. The molecule has 0 amide bonds. The summed E-state index contributed by atoms with van der Waals surface area (Å²) in [7, 11) is 0. The maximum absolute atomic E-state index is 11.0. The summed E-state index contributed by atoms with van der Waals surface area (Å²) in [5, 5.41) is 24.7. The quantitative estimate of drug-likeness (QED) is 0.627. The lowest BCUT2D eigenvalue weighted by Gasteiger charge is -2.38. The van der Waals surface area contributed by atoms with Gasteiger partial charge < -0.3 is 10.1 Å². The summed E-state index contributed by atoms with van der Waals surface area (Å²) in [4.78, 5) is 20.4. The fourth-order valence-corrected chi connectivity index (χ4v) is 2.04. The van der Waals surface area contributed by atoms with Crippen LogP contribution in [0.1, 0.15) is 12.5 Å². The van der Waals surface area contributed by atoms with E-state index in [1.807, 2.05) is 0 Å². The van der Waals surface area contributed by atoms with Gasteiger partial charge in [-0.2, -0.15) is 0 Å². The van der Waals surface area contributed by atoms with Gasteiger partial charge >= 0.3 is 0 Å². The van der Waals surface area contributed by atoms with Crippen LogP contribution in [0, 0.1) is 25.6 Å². The molecule has 0 radical (unpaired) electrons. The monoisotopic (exact) mass is 281 g/mol. The van der Waals surface area contributed by atoms with E-state index in [2.05, 4.69) is 12.2 Å². The summed E-state index contributed by atoms with van der Waals surface area (Å²) >= 11 is 0. The van der Waals surface area contributed by atoms with Crippen molar-refractivity contribution in [3.05, 3.63) is 44.0 Å². The van der Waals surface area contributed by atoms with Crippen LogP contribution in [0.3, 0.4) is 0 Å². The Bertz CT molecular complexity index is 542. The smallest absolute Gasteiger partial charge is 0.280 e. The summed E-state index contributed by atoms with van der Waals surface area (Å²) < 4.78 is 5.12. The average Bonchev–Trinajstić information content (AvgIpc) is 2.36. The molecular formula is C12H15N3O5. The van der Waals surface area contributed by atoms with Crippen LogP contribution in [0.15, 0.2) is 18.2 Å². The van der Waals surface area contributed by atoms with Crippen molar-refractivity contribution >= 4 is 11.4 Å². The molecule has 0 bridgehead atoms. The van der Waals surface area contributed by atoms with Gasteiger partial charge in [0.05, 0.1) is 29.1 Å². The molecule has 8 nitrogen and oxygen atoms in total. The third-order valence-electron chi connectivity index (χ3n) is 3.24. The lowest BCUT2D eigenvalue weighted by Crippen LogP contribution is -2.47. The second-order valence-corrected chi connectivity index (χ2v) is 5.23. The van der Waals surface area contributed by atoms with Gasteiger partial charge in [-0.3, -0.25) is 20.2 Å². The molecule has 1 aromatic rings. The Hall–Kier alpha value is -2.06. The number of rotatable bonds is 6. The van der Waals surface area contributed by atoms with Crippen molar-refractivity contribution in [2.45, 2.75) is 13.5 Å².